The molecule has 0 fully saturated rings. The van der Waals surface area contributed by atoms with Crippen LogP contribution in [-0.2, 0) is 13.0 Å². The van der Waals surface area contributed by atoms with E-state index in [4.69, 9.17) is 5.26 Å². The third-order valence-corrected chi connectivity index (χ3v) is 4.86. The van der Waals surface area contributed by atoms with Crippen LogP contribution in [0.25, 0.3) is 11.1 Å². The van der Waals surface area contributed by atoms with Gasteiger partial charge in [0, 0.05) is 42.5 Å². The lowest BCUT2D eigenvalue weighted by Crippen LogP contribution is -2.32. The number of rotatable bonds is 2. The molecule has 7 heteroatoms. The molecule has 4 rings (SSSR count). The van der Waals surface area contributed by atoms with E-state index in [1.807, 2.05) is 26.1 Å². The van der Waals surface area contributed by atoms with E-state index in [1.54, 1.807) is 12.4 Å². The third kappa shape index (κ3) is 2.75. The Kier molecular flexibility index (Phi) is 4.01. The molecule has 0 N–H and O–H groups in total. The largest absolute Gasteiger partial charge is 0.350 e. The van der Waals surface area contributed by atoms with Crippen molar-refractivity contribution in [3.05, 3.63) is 58.8 Å². The molecule has 0 spiro atoms. The molecule has 0 amide bonds. The Labute approximate surface area is 151 Å². The first kappa shape index (κ1) is 16.1. The van der Waals surface area contributed by atoms with Gasteiger partial charge in [0.1, 0.15) is 6.07 Å². The van der Waals surface area contributed by atoms with Gasteiger partial charge in [0.25, 0.3) is 0 Å². The highest BCUT2D eigenvalue weighted by Crippen LogP contribution is 2.28. The highest BCUT2D eigenvalue weighted by molar-refractivity contribution is 5.63. The summed E-state index contributed by atoms with van der Waals surface area (Å²) in [5.41, 5.74) is 6.59. The first-order chi connectivity index (χ1) is 12.7. The highest BCUT2D eigenvalue weighted by Gasteiger charge is 2.22. The molecule has 3 aromatic rings. The van der Waals surface area contributed by atoms with E-state index in [0.717, 1.165) is 53.3 Å². The van der Waals surface area contributed by atoms with Crippen molar-refractivity contribution in [2.24, 2.45) is 0 Å². The normalized spacial score (nSPS) is 13.2. The zero-order valence-corrected chi connectivity index (χ0v) is 14.6. The van der Waals surface area contributed by atoms with E-state index in [-0.39, 0.29) is 0 Å². The fourth-order valence-corrected chi connectivity index (χ4v) is 3.23. The van der Waals surface area contributed by atoms with Gasteiger partial charge in [-0.2, -0.15) is 15.5 Å². The second-order valence-corrected chi connectivity index (χ2v) is 6.37. The number of nitriles is 1. The topological polar surface area (TPSA) is 91.5 Å². The van der Waals surface area contributed by atoms with Crippen LogP contribution in [0.1, 0.15) is 28.1 Å². The second-order valence-electron chi connectivity index (χ2n) is 6.37. The summed E-state index contributed by atoms with van der Waals surface area (Å²) in [5, 5.41) is 25.3. The van der Waals surface area contributed by atoms with Crippen molar-refractivity contribution >= 4 is 5.82 Å². The van der Waals surface area contributed by atoms with Crippen LogP contribution in [0.4, 0.5) is 5.82 Å². The number of fused-ring (bicyclic) bond motifs is 1. The summed E-state index contributed by atoms with van der Waals surface area (Å²) in [7, 11) is 0. The minimum absolute atomic E-state index is 0.387. The number of anilines is 1. The van der Waals surface area contributed by atoms with Crippen molar-refractivity contribution in [3.63, 3.8) is 0 Å². The molecule has 7 nitrogen and oxygen atoms in total. The maximum absolute atomic E-state index is 9.13. The van der Waals surface area contributed by atoms with Crippen molar-refractivity contribution in [1.82, 2.24) is 25.4 Å². The average molecular weight is 343 g/mol. The van der Waals surface area contributed by atoms with Crippen LogP contribution in [0, 0.1) is 25.2 Å². The Morgan fingerprint density at radius 1 is 1.08 bits per heavy atom. The minimum atomic E-state index is 0.387. The Morgan fingerprint density at radius 2 is 1.96 bits per heavy atom. The van der Waals surface area contributed by atoms with Gasteiger partial charge < -0.3 is 4.90 Å². The predicted molar refractivity (Wildman–Crippen MR) is 96.2 cm³/mol. The minimum Gasteiger partial charge on any atom is -0.350 e. The van der Waals surface area contributed by atoms with Gasteiger partial charge in [0.2, 0.25) is 0 Å². The van der Waals surface area contributed by atoms with Crippen molar-refractivity contribution in [1.29, 1.82) is 5.26 Å². The Balaban J connectivity index is 1.68. The number of nitrogens with zero attached hydrogens (tertiary/aromatic N) is 7. The zero-order chi connectivity index (χ0) is 18.1. The van der Waals surface area contributed by atoms with E-state index in [1.165, 1.54) is 5.56 Å². The molecule has 1 aliphatic rings. The molecular formula is C19H17N7. The maximum atomic E-state index is 9.13. The van der Waals surface area contributed by atoms with Gasteiger partial charge >= 0.3 is 0 Å². The predicted octanol–water partition coefficient (Wildman–Crippen LogP) is 2.38. The second kappa shape index (κ2) is 6.48. The summed E-state index contributed by atoms with van der Waals surface area (Å²) in [6.45, 7) is 5.46. The van der Waals surface area contributed by atoms with Crippen LogP contribution in [0.15, 0.2) is 30.7 Å². The highest BCUT2D eigenvalue weighted by atomic mass is 15.3. The monoisotopic (exact) mass is 343 g/mol. The van der Waals surface area contributed by atoms with Gasteiger partial charge in [-0.15, -0.1) is 10.2 Å². The lowest BCUT2D eigenvalue weighted by Gasteiger charge is -2.30. The quantitative estimate of drug-likeness (QED) is 0.705. The summed E-state index contributed by atoms with van der Waals surface area (Å²) in [5.74, 6) is 0.836. The lowest BCUT2D eigenvalue weighted by atomic mass is 10.0. The van der Waals surface area contributed by atoms with Crippen LogP contribution in [0.5, 0.6) is 0 Å². The van der Waals surface area contributed by atoms with Gasteiger partial charge in [-0.3, -0.25) is 4.98 Å². The first-order valence-electron chi connectivity index (χ1n) is 8.41. The molecule has 0 saturated heterocycles. The molecular weight excluding hydrogens is 326 g/mol. The third-order valence-electron chi connectivity index (χ3n) is 4.86. The zero-order valence-electron chi connectivity index (χ0n) is 14.6. The van der Waals surface area contributed by atoms with E-state index >= 15 is 0 Å². The number of pyridine rings is 1. The summed E-state index contributed by atoms with van der Waals surface area (Å²) < 4.78 is 0. The van der Waals surface area contributed by atoms with Crippen molar-refractivity contribution in [2.45, 2.75) is 26.8 Å². The molecule has 4 heterocycles. The summed E-state index contributed by atoms with van der Waals surface area (Å²) in [4.78, 5) is 6.84. The van der Waals surface area contributed by atoms with Gasteiger partial charge in [0.05, 0.1) is 12.4 Å². The van der Waals surface area contributed by atoms with Gasteiger partial charge in [-0.05, 0) is 42.7 Å². The molecule has 3 aromatic heterocycles. The first-order valence-corrected chi connectivity index (χ1v) is 8.41. The Bertz CT molecular complexity index is 1010. The van der Waals surface area contributed by atoms with Gasteiger partial charge in [-0.1, -0.05) is 0 Å². The summed E-state index contributed by atoms with van der Waals surface area (Å²) in [6, 6.07) is 6.18. The van der Waals surface area contributed by atoms with E-state index < -0.39 is 0 Å². The van der Waals surface area contributed by atoms with Gasteiger partial charge in [0.15, 0.2) is 11.5 Å². The van der Waals surface area contributed by atoms with Gasteiger partial charge in [-0.25, -0.2) is 0 Å². The fraction of sp³-hybridized carbons (Fsp3) is 0.263. The SMILES string of the molecule is Cc1c(C#N)nnc(N2CCc3ncc(-c4ccnnc4)cc3C2)c1C. The lowest BCUT2D eigenvalue weighted by molar-refractivity contribution is 0.692. The number of aromatic nitrogens is 5. The number of hydrogen-bond donors (Lipinski definition) is 0. The molecule has 0 atom stereocenters. The molecule has 0 saturated carbocycles. The summed E-state index contributed by atoms with van der Waals surface area (Å²) in [6.07, 6.45) is 6.16. The van der Waals surface area contributed by atoms with E-state index in [0.29, 0.717) is 5.69 Å². The van der Waals surface area contributed by atoms with Crippen molar-refractivity contribution in [2.75, 3.05) is 11.4 Å². The molecule has 0 unspecified atom stereocenters. The van der Waals surface area contributed by atoms with Crippen LogP contribution in [0.3, 0.4) is 0 Å². The van der Waals surface area contributed by atoms with Crippen LogP contribution < -0.4 is 4.90 Å². The van der Waals surface area contributed by atoms with Crippen molar-refractivity contribution in [3.8, 4) is 17.2 Å². The molecule has 26 heavy (non-hydrogen) atoms. The summed E-state index contributed by atoms with van der Waals surface area (Å²) >= 11 is 0. The molecule has 0 aromatic carbocycles. The Morgan fingerprint density at radius 3 is 2.73 bits per heavy atom. The fourth-order valence-electron chi connectivity index (χ4n) is 3.23. The standard InChI is InChI=1S/C19H17N7/c1-12-13(2)19(25-24-18(12)8-20)26-6-4-17-16(11-26)7-15(9-21-17)14-3-5-22-23-10-14/h3,5,7,9-10H,4,6,11H2,1-2H3. The van der Waals surface area contributed by atoms with Crippen LogP contribution >= 0.6 is 0 Å². The van der Waals surface area contributed by atoms with Crippen molar-refractivity contribution < 1.29 is 0 Å². The smallest absolute Gasteiger partial charge is 0.166 e. The maximum Gasteiger partial charge on any atom is 0.166 e. The molecule has 0 aliphatic carbocycles. The van der Waals surface area contributed by atoms with Crippen LogP contribution in [-0.4, -0.2) is 31.9 Å². The van der Waals surface area contributed by atoms with E-state index in [9.17, 15) is 0 Å². The number of hydrogen-bond acceptors (Lipinski definition) is 7. The molecule has 1 aliphatic heterocycles. The Hall–Kier alpha value is -3.40. The van der Waals surface area contributed by atoms with E-state index in [2.05, 4.69) is 42.4 Å². The molecule has 0 bridgehead atoms. The average Bonchev–Trinajstić information content (AvgIpc) is 2.70. The molecule has 128 valence electrons. The van der Waals surface area contributed by atoms with Crippen LogP contribution in [0.2, 0.25) is 0 Å². The molecule has 0 radical (unpaired) electrons.